The van der Waals surface area contributed by atoms with E-state index < -0.39 is 23.3 Å². The van der Waals surface area contributed by atoms with E-state index in [1.54, 1.807) is 0 Å². The van der Waals surface area contributed by atoms with Gasteiger partial charge in [0.25, 0.3) is 0 Å². The van der Waals surface area contributed by atoms with E-state index >= 15 is 13.2 Å². The Labute approximate surface area is 211 Å². The normalized spacial score (nSPS) is 24.9. The van der Waals surface area contributed by atoms with Crippen molar-refractivity contribution in [1.82, 2.24) is 0 Å². The largest absolute Gasteiger partial charge is 0.378 e. The monoisotopic (exact) mass is 504 g/mol. The summed E-state index contributed by atoms with van der Waals surface area (Å²) in [5.41, 5.74) is -0.0796. The maximum absolute atomic E-state index is 15.1. The molecule has 2 aromatic rings. The Balaban J connectivity index is 1.44. The van der Waals surface area contributed by atoms with Crippen LogP contribution < -0.4 is 0 Å². The molecule has 2 aliphatic rings. The van der Waals surface area contributed by atoms with Crippen LogP contribution in [-0.2, 0) is 15.9 Å². The summed E-state index contributed by atoms with van der Waals surface area (Å²) in [7, 11) is 0. The van der Waals surface area contributed by atoms with Crippen molar-refractivity contribution in [2.24, 2.45) is 5.92 Å². The van der Waals surface area contributed by atoms with Crippen molar-refractivity contribution in [2.75, 3.05) is 13.2 Å². The number of halogens is 4. The zero-order valence-electron chi connectivity index (χ0n) is 21.2. The Morgan fingerprint density at radius 1 is 0.806 bits per heavy atom. The third-order valence-electron chi connectivity index (χ3n) is 7.62. The van der Waals surface area contributed by atoms with Crippen LogP contribution in [0.3, 0.4) is 0 Å². The highest BCUT2D eigenvalue weighted by molar-refractivity contribution is 5.66. The highest BCUT2D eigenvalue weighted by Gasteiger charge is 2.28. The highest BCUT2D eigenvalue weighted by Crippen LogP contribution is 2.36. The minimum atomic E-state index is -1.16. The first-order valence-electron chi connectivity index (χ1n) is 13.2. The molecule has 4 rings (SSSR count). The maximum Gasteiger partial charge on any atom is 0.167 e. The second-order valence-corrected chi connectivity index (χ2v) is 10.1. The van der Waals surface area contributed by atoms with E-state index in [4.69, 9.17) is 9.47 Å². The minimum absolute atomic E-state index is 0.0161. The predicted octanol–water partition coefficient (Wildman–Crippen LogP) is 8.28. The molecule has 0 aliphatic carbocycles. The molecule has 0 spiro atoms. The van der Waals surface area contributed by atoms with E-state index in [0.29, 0.717) is 44.3 Å². The van der Waals surface area contributed by atoms with Crippen LogP contribution in [0.5, 0.6) is 0 Å². The first-order chi connectivity index (χ1) is 17.4. The number of benzene rings is 2. The van der Waals surface area contributed by atoms with Crippen molar-refractivity contribution >= 4 is 0 Å². The third kappa shape index (κ3) is 6.03. The Hall–Kier alpha value is -2.18. The lowest BCUT2D eigenvalue weighted by Crippen LogP contribution is -2.26. The number of hydrogen-bond donors (Lipinski definition) is 0. The molecular formula is C30H36F4O2. The topological polar surface area (TPSA) is 18.5 Å². The summed E-state index contributed by atoms with van der Waals surface area (Å²) < 4.78 is 71.6. The van der Waals surface area contributed by atoms with Crippen LogP contribution in [0.2, 0.25) is 0 Å². The number of ether oxygens (including phenoxy) is 2. The summed E-state index contributed by atoms with van der Waals surface area (Å²) in [5.74, 6) is -4.27. The summed E-state index contributed by atoms with van der Waals surface area (Å²) in [6.07, 6.45) is 10.8. The lowest BCUT2D eigenvalue weighted by Gasteiger charge is -2.29. The standard InChI is InChI=1S/C30H36F4O2/c1-3-5-22-12-8-19(17-35-22)7-9-20-11-14-25(29(33)27(20)31)26-16-15-24(28(32)30(26)34)21-10-13-23(6-4-2)36-18-21/h4,6,11,14-16,19,21-23H,3,5,7-10,12-13,17-18H2,1-2H3. The van der Waals surface area contributed by atoms with Gasteiger partial charge in [0.2, 0.25) is 0 Å². The van der Waals surface area contributed by atoms with Crippen molar-refractivity contribution in [3.63, 3.8) is 0 Å². The van der Waals surface area contributed by atoms with Crippen LogP contribution >= 0.6 is 0 Å². The molecule has 2 aliphatic heterocycles. The van der Waals surface area contributed by atoms with Crippen LogP contribution in [0.4, 0.5) is 17.6 Å². The van der Waals surface area contributed by atoms with Crippen molar-refractivity contribution in [3.05, 3.63) is 70.8 Å². The van der Waals surface area contributed by atoms with Gasteiger partial charge in [0.05, 0.1) is 18.8 Å². The van der Waals surface area contributed by atoms with E-state index in [1.807, 2.05) is 19.1 Å². The molecule has 0 bridgehead atoms. The van der Waals surface area contributed by atoms with Gasteiger partial charge in [-0.15, -0.1) is 0 Å². The van der Waals surface area contributed by atoms with Gasteiger partial charge >= 0.3 is 0 Å². The first-order valence-corrected chi connectivity index (χ1v) is 13.2. The van der Waals surface area contributed by atoms with Crippen molar-refractivity contribution in [2.45, 2.75) is 83.3 Å². The molecule has 0 saturated carbocycles. The summed E-state index contributed by atoms with van der Waals surface area (Å²) in [4.78, 5) is 0. The van der Waals surface area contributed by atoms with Crippen LogP contribution in [0.15, 0.2) is 36.4 Å². The van der Waals surface area contributed by atoms with Crippen molar-refractivity contribution < 1.29 is 27.0 Å². The van der Waals surface area contributed by atoms with Crippen molar-refractivity contribution in [3.8, 4) is 11.1 Å². The summed E-state index contributed by atoms with van der Waals surface area (Å²) in [5, 5.41) is 0. The number of rotatable bonds is 8. The SMILES string of the molecule is CC=CC1CCC(c2ccc(-c3ccc(CCC4CCC(CCC)OC4)c(F)c3F)c(F)c2F)CO1. The average molecular weight is 505 g/mol. The fourth-order valence-electron chi connectivity index (χ4n) is 5.46. The average Bonchev–Trinajstić information content (AvgIpc) is 2.89. The molecule has 4 unspecified atom stereocenters. The summed E-state index contributed by atoms with van der Waals surface area (Å²) >= 11 is 0. The third-order valence-corrected chi connectivity index (χ3v) is 7.62. The zero-order chi connectivity index (χ0) is 25.7. The van der Waals surface area contributed by atoms with E-state index in [9.17, 15) is 4.39 Å². The molecule has 0 amide bonds. The molecule has 2 saturated heterocycles. The fourth-order valence-corrected chi connectivity index (χ4v) is 5.46. The van der Waals surface area contributed by atoms with Crippen LogP contribution in [0, 0.1) is 29.2 Å². The Morgan fingerprint density at radius 3 is 2.19 bits per heavy atom. The van der Waals surface area contributed by atoms with Gasteiger partial charge in [-0.2, -0.15) is 0 Å². The smallest absolute Gasteiger partial charge is 0.167 e. The molecule has 0 N–H and O–H groups in total. The van der Waals surface area contributed by atoms with Crippen LogP contribution in [0.1, 0.15) is 75.8 Å². The Morgan fingerprint density at radius 2 is 1.56 bits per heavy atom. The molecule has 0 aromatic heterocycles. The van der Waals surface area contributed by atoms with E-state index in [0.717, 1.165) is 25.7 Å². The summed E-state index contributed by atoms with van der Waals surface area (Å²) in [6.45, 7) is 4.97. The van der Waals surface area contributed by atoms with Gasteiger partial charge in [-0.25, -0.2) is 17.6 Å². The Kier molecular flexibility index (Phi) is 9.24. The molecule has 36 heavy (non-hydrogen) atoms. The summed E-state index contributed by atoms with van der Waals surface area (Å²) in [6, 6.07) is 5.65. The van der Waals surface area contributed by atoms with E-state index in [1.165, 1.54) is 24.3 Å². The second-order valence-electron chi connectivity index (χ2n) is 10.1. The van der Waals surface area contributed by atoms with Crippen LogP contribution in [0.25, 0.3) is 11.1 Å². The van der Waals surface area contributed by atoms with Gasteiger partial charge < -0.3 is 9.47 Å². The van der Waals surface area contributed by atoms with Crippen LogP contribution in [-0.4, -0.2) is 25.4 Å². The lowest BCUT2D eigenvalue weighted by molar-refractivity contribution is -0.0218. The highest BCUT2D eigenvalue weighted by atomic mass is 19.2. The number of aryl methyl sites for hydroxylation is 1. The zero-order valence-corrected chi connectivity index (χ0v) is 21.2. The molecule has 2 nitrogen and oxygen atoms in total. The van der Waals surface area contributed by atoms with Gasteiger partial charge in [0.15, 0.2) is 23.3 Å². The maximum atomic E-state index is 15.1. The van der Waals surface area contributed by atoms with Gasteiger partial charge in [-0.1, -0.05) is 49.8 Å². The lowest BCUT2D eigenvalue weighted by atomic mass is 9.88. The predicted molar refractivity (Wildman–Crippen MR) is 134 cm³/mol. The van der Waals surface area contributed by atoms with Gasteiger partial charge in [0.1, 0.15) is 0 Å². The molecule has 2 heterocycles. The molecular weight excluding hydrogens is 468 g/mol. The van der Waals surface area contributed by atoms with Gasteiger partial charge in [-0.05, 0) is 68.9 Å². The van der Waals surface area contributed by atoms with Gasteiger partial charge in [-0.3, -0.25) is 0 Å². The molecule has 0 radical (unpaired) electrons. The van der Waals surface area contributed by atoms with Crippen molar-refractivity contribution in [1.29, 1.82) is 0 Å². The second kappa shape index (κ2) is 12.4. The Bertz CT molecular complexity index is 1050. The molecule has 6 heteroatoms. The molecule has 2 fully saturated rings. The minimum Gasteiger partial charge on any atom is -0.378 e. The molecule has 196 valence electrons. The van der Waals surface area contributed by atoms with E-state index in [-0.39, 0.29) is 40.9 Å². The number of allylic oxidation sites excluding steroid dienone is 1. The molecule has 2 aromatic carbocycles. The number of hydrogen-bond acceptors (Lipinski definition) is 2. The first kappa shape index (κ1) is 26.9. The fraction of sp³-hybridized carbons (Fsp3) is 0.533. The molecule has 4 atom stereocenters. The van der Waals surface area contributed by atoms with E-state index in [2.05, 4.69) is 6.92 Å². The van der Waals surface area contributed by atoms with Gasteiger partial charge in [0, 0.05) is 23.7 Å². The quantitative estimate of drug-likeness (QED) is 0.266.